The Labute approximate surface area is 163 Å². The highest BCUT2D eigenvalue weighted by Gasteiger charge is 2.21. The molecule has 3 N–H and O–H groups in total. The molecule has 2 heterocycles. The van der Waals surface area contributed by atoms with Gasteiger partial charge in [0.05, 0.1) is 10.9 Å². The number of aromatic nitrogens is 3. The Morgan fingerprint density at radius 1 is 1.19 bits per heavy atom. The van der Waals surface area contributed by atoms with Gasteiger partial charge in [-0.15, -0.1) is 24.8 Å². The van der Waals surface area contributed by atoms with Gasteiger partial charge < -0.3 is 11.1 Å². The standard InChI is InChI=1S/C16H23N5O3.2ClH/c1-5-16(17,6-2)9-19-13(22)10-7-11-12(18-8-10)20(3)15(24)21(4)14(11)23;;/h7-8H,5-6,9,17H2,1-4H3,(H,19,22);2*1H. The van der Waals surface area contributed by atoms with Crippen LogP contribution >= 0.6 is 24.8 Å². The minimum atomic E-state index is -0.481. The fourth-order valence-corrected chi connectivity index (χ4v) is 2.45. The van der Waals surface area contributed by atoms with Crippen LogP contribution in [-0.4, -0.2) is 32.1 Å². The third-order valence-electron chi connectivity index (χ3n) is 4.56. The van der Waals surface area contributed by atoms with Gasteiger partial charge >= 0.3 is 5.69 Å². The quantitative estimate of drug-likeness (QED) is 0.760. The van der Waals surface area contributed by atoms with Gasteiger partial charge in [-0.25, -0.2) is 9.78 Å². The van der Waals surface area contributed by atoms with Crippen LogP contribution in [0, 0.1) is 0 Å². The number of nitrogens with two attached hydrogens (primary N) is 1. The molecule has 146 valence electrons. The van der Waals surface area contributed by atoms with E-state index in [0.717, 1.165) is 17.4 Å². The van der Waals surface area contributed by atoms with E-state index in [9.17, 15) is 14.4 Å². The summed E-state index contributed by atoms with van der Waals surface area (Å²) in [6.07, 6.45) is 2.83. The zero-order valence-electron chi connectivity index (χ0n) is 15.2. The summed E-state index contributed by atoms with van der Waals surface area (Å²) < 4.78 is 2.27. The average molecular weight is 406 g/mol. The van der Waals surface area contributed by atoms with E-state index >= 15 is 0 Å². The Bertz CT molecular complexity index is 903. The van der Waals surface area contributed by atoms with Crippen molar-refractivity contribution >= 4 is 41.8 Å². The molecule has 0 saturated carbocycles. The molecule has 0 atom stereocenters. The largest absolute Gasteiger partial charge is 0.350 e. The number of amides is 1. The van der Waals surface area contributed by atoms with Crippen molar-refractivity contribution in [1.82, 2.24) is 19.4 Å². The van der Waals surface area contributed by atoms with Crippen LogP contribution in [0.1, 0.15) is 37.0 Å². The van der Waals surface area contributed by atoms with Gasteiger partial charge in [-0.05, 0) is 18.9 Å². The summed E-state index contributed by atoms with van der Waals surface area (Å²) in [6, 6.07) is 1.45. The number of rotatable bonds is 5. The molecule has 0 fully saturated rings. The number of carbonyl (C=O) groups excluding carboxylic acids is 1. The first-order chi connectivity index (χ1) is 11.2. The molecule has 0 saturated heterocycles. The Kier molecular flexibility index (Phi) is 8.49. The minimum absolute atomic E-state index is 0. The van der Waals surface area contributed by atoms with Crippen molar-refractivity contribution in [2.24, 2.45) is 19.8 Å². The number of hydrogen-bond donors (Lipinski definition) is 2. The molecular weight excluding hydrogens is 381 g/mol. The van der Waals surface area contributed by atoms with E-state index in [1.165, 1.54) is 30.9 Å². The maximum Gasteiger partial charge on any atom is 0.332 e. The maximum absolute atomic E-state index is 12.3. The Morgan fingerprint density at radius 2 is 1.77 bits per heavy atom. The zero-order valence-corrected chi connectivity index (χ0v) is 16.9. The van der Waals surface area contributed by atoms with Gasteiger partial charge in [-0.2, -0.15) is 0 Å². The molecule has 2 aromatic heterocycles. The van der Waals surface area contributed by atoms with Crippen LogP contribution in [0.25, 0.3) is 11.0 Å². The van der Waals surface area contributed by atoms with Gasteiger partial charge in [0, 0.05) is 32.4 Å². The van der Waals surface area contributed by atoms with E-state index in [1.807, 2.05) is 13.8 Å². The van der Waals surface area contributed by atoms with Crippen molar-refractivity contribution in [3.8, 4) is 0 Å². The summed E-state index contributed by atoms with van der Waals surface area (Å²) in [5.74, 6) is -0.350. The van der Waals surface area contributed by atoms with Crippen molar-refractivity contribution in [1.29, 1.82) is 0 Å². The van der Waals surface area contributed by atoms with E-state index in [0.29, 0.717) is 6.54 Å². The molecule has 2 rings (SSSR count). The van der Waals surface area contributed by atoms with E-state index in [2.05, 4.69) is 10.3 Å². The van der Waals surface area contributed by atoms with Gasteiger partial charge in [-0.3, -0.25) is 18.7 Å². The number of nitrogens with zero attached hydrogens (tertiary/aromatic N) is 3. The van der Waals surface area contributed by atoms with Crippen LogP contribution < -0.4 is 22.3 Å². The number of fused-ring (bicyclic) bond motifs is 1. The molecule has 0 spiro atoms. The zero-order chi connectivity index (χ0) is 18.1. The highest BCUT2D eigenvalue weighted by atomic mass is 35.5. The molecule has 0 unspecified atom stereocenters. The lowest BCUT2D eigenvalue weighted by molar-refractivity contribution is 0.0942. The predicted octanol–water partition coefficient (Wildman–Crippen LogP) is 0.723. The summed E-state index contributed by atoms with van der Waals surface area (Å²) in [7, 11) is 2.92. The number of hydrogen-bond acceptors (Lipinski definition) is 5. The van der Waals surface area contributed by atoms with Crippen molar-refractivity contribution in [3.63, 3.8) is 0 Å². The highest BCUT2D eigenvalue weighted by Crippen LogP contribution is 2.11. The first kappa shape index (κ1) is 24.1. The first-order valence-corrected chi connectivity index (χ1v) is 7.87. The highest BCUT2D eigenvalue weighted by molar-refractivity contribution is 5.96. The number of nitrogens with one attached hydrogen (secondary N) is 1. The predicted molar refractivity (Wildman–Crippen MR) is 107 cm³/mol. The number of pyridine rings is 1. The fourth-order valence-electron chi connectivity index (χ4n) is 2.45. The molecule has 0 aliphatic rings. The molecule has 1 amide bonds. The van der Waals surface area contributed by atoms with Crippen molar-refractivity contribution in [2.75, 3.05) is 6.54 Å². The molecular formula is C16H25Cl2N5O3. The van der Waals surface area contributed by atoms with Gasteiger partial charge in [-0.1, -0.05) is 13.8 Å². The summed E-state index contributed by atoms with van der Waals surface area (Å²) in [5, 5.41) is 3.00. The van der Waals surface area contributed by atoms with Crippen LogP contribution in [-0.2, 0) is 14.1 Å². The summed E-state index contributed by atoms with van der Waals surface area (Å²) in [5.41, 5.74) is 5.27. The van der Waals surface area contributed by atoms with Crippen LogP contribution in [0.4, 0.5) is 0 Å². The Morgan fingerprint density at radius 3 is 2.31 bits per heavy atom. The lowest BCUT2D eigenvalue weighted by atomic mass is 9.94. The van der Waals surface area contributed by atoms with E-state index in [-0.39, 0.29) is 47.3 Å². The topological polar surface area (TPSA) is 112 Å². The average Bonchev–Trinajstić information content (AvgIpc) is 2.61. The monoisotopic (exact) mass is 405 g/mol. The third-order valence-corrected chi connectivity index (χ3v) is 4.56. The summed E-state index contributed by atoms with van der Waals surface area (Å²) in [4.78, 5) is 40.6. The smallest absolute Gasteiger partial charge is 0.332 e. The number of aryl methyl sites for hydroxylation is 1. The molecule has 26 heavy (non-hydrogen) atoms. The lowest BCUT2D eigenvalue weighted by Crippen LogP contribution is -2.49. The molecule has 8 nitrogen and oxygen atoms in total. The van der Waals surface area contributed by atoms with Crippen LogP contribution in [0.5, 0.6) is 0 Å². The summed E-state index contributed by atoms with van der Waals surface area (Å²) >= 11 is 0. The molecule has 10 heteroatoms. The van der Waals surface area contributed by atoms with Gasteiger partial charge in [0.2, 0.25) is 0 Å². The van der Waals surface area contributed by atoms with Crippen LogP contribution in [0.2, 0.25) is 0 Å². The summed E-state index contributed by atoms with van der Waals surface area (Å²) in [6.45, 7) is 4.27. The van der Waals surface area contributed by atoms with Gasteiger partial charge in [0.1, 0.15) is 5.65 Å². The van der Waals surface area contributed by atoms with Gasteiger partial charge in [0.15, 0.2) is 0 Å². The maximum atomic E-state index is 12.3. The molecule has 0 aliphatic heterocycles. The molecule has 0 radical (unpaired) electrons. The Hall–Kier alpha value is -1.90. The second-order valence-corrected chi connectivity index (χ2v) is 6.05. The van der Waals surface area contributed by atoms with Crippen molar-refractivity contribution in [3.05, 3.63) is 38.7 Å². The SMILES string of the molecule is CCC(N)(CC)CNC(=O)c1cnc2c(c1)c(=O)n(C)c(=O)n2C.Cl.Cl. The van der Waals surface area contributed by atoms with Crippen LogP contribution in [0.15, 0.2) is 21.9 Å². The van der Waals surface area contributed by atoms with Gasteiger partial charge in [0.25, 0.3) is 11.5 Å². The molecule has 0 aliphatic carbocycles. The number of carbonyl (C=O) groups is 1. The van der Waals surface area contributed by atoms with Crippen molar-refractivity contribution in [2.45, 2.75) is 32.2 Å². The van der Waals surface area contributed by atoms with E-state index in [1.54, 1.807) is 0 Å². The first-order valence-electron chi connectivity index (χ1n) is 7.87. The van der Waals surface area contributed by atoms with Crippen LogP contribution in [0.3, 0.4) is 0 Å². The third kappa shape index (κ3) is 4.44. The fraction of sp³-hybridized carbons (Fsp3) is 0.500. The second kappa shape index (κ2) is 9.16. The van der Waals surface area contributed by atoms with E-state index < -0.39 is 16.8 Å². The van der Waals surface area contributed by atoms with E-state index in [4.69, 9.17) is 5.73 Å². The number of halogens is 2. The molecule has 0 aromatic carbocycles. The normalized spacial score (nSPS) is 10.8. The molecule has 0 bridgehead atoms. The second-order valence-electron chi connectivity index (χ2n) is 6.05. The molecule has 2 aromatic rings. The Balaban J connectivity index is 0.00000312. The minimum Gasteiger partial charge on any atom is -0.350 e. The van der Waals surface area contributed by atoms with Crippen molar-refractivity contribution < 1.29 is 4.79 Å². The lowest BCUT2D eigenvalue weighted by Gasteiger charge is -2.26.